The van der Waals surface area contributed by atoms with Crippen LogP contribution in [0.1, 0.15) is 40.0 Å². The zero-order valence-electron chi connectivity index (χ0n) is 9.22. The molecule has 74 valence electrons. The van der Waals surface area contributed by atoms with Crippen LogP contribution in [0.5, 0.6) is 0 Å². The van der Waals surface area contributed by atoms with Crippen molar-refractivity contribution in [3.8, 4) is 0 Å². The van der Waals surface area contributed by atoms with Crippen LogP contribution >= 0.6 is 0 Å². The molecule has 0 heterocycles. The summed E-state index contributed by atoms with van der Waals surface area (Å²) in [4.78, 5) is 0. The van der Waals surface area contributed by atoms with Crippen LogP contribution in [0.25, 0.3) is 0 Å². The van der Waals surface area contributed by atoms with Gasteiger partial charge in [-0.25, -0.2) is 0 Å². The molecule has 3 aliphatic rings. The lowest BCUT2D eigenvalue weighted by Crippen LogP contribution is -2.54. The fourth-order valence-corrected chi connectivity index (χ4v) is 3.78. The minimum absolute atomic E-state index is 0.650. The first kappa shape index (κ1) is 9.30. The molecule has 0 aliphatic heterocycles. The van der Waals surface area contributed by atoms with E-state index in [-0.39, 0.29) is 0 Å². The molecule has 0 saturated heterocycles. The fraction of sp³-hybridized carbons (Fsp3) is 0.846. The Morgan fingerprint density at radius 2 is 2.08 bits per heavy atom. The van der Waals surface area contributed by atoms with Crippen molar-refractivity contribution in [1.82, 2.24) is 0 Å². The minimum atomic E-state index is 0.650. The van der Waals surface area contributed by atoms with Gasteiger partial charge in [0.05, 0.1) is 0 Å². The Morgan fingerprint density at radius 3 is 2.54 bits per heavy atom. The van der Waals surface area contributed by atoms with E-state index in [2.05, 4.69) is 33.4 Å². The summed E-state index contributed by atoms with van der Waals surface area (Å²) in [5, 5.41) is 0. The summed E-state index contributed by atoms with van der Waals surface area (Å²) in [6.45, 7) is 11.2. The van der Waals surface area contributed by atoms with Crippen LogP contribution in [0.3, 0.4) is 0 Å². The molecule has 0 aromatic rings. The van der Waals surface area contributed by atoms with Crippen molar-refractivity contribution in [3.05, 3.63) is 12.7 Å². The molecule has 3 fully saturated rings. The van der Waals surface area contributed by atoms with Crippen molar-refractivity contribution in [3.63, 3.8) is 0 Å². The maximum absolute atomic E-state index is 3.87. The summed E-state index contributed by atoms with van der Waals surface area (Å²) < 4.78 is 0. The first-order valence-electron chi connectivity index (χ1n) is 5.68. The van der Waals surface area contributed by atoms with Gasteiger partial charge in [-0.1, -0.05) is 26.8 Å². The van der Waals surface area contributed by atoms with Crippen LogP contribution in [0.15, 0.2) is 12.7 Å². The second kappa shape index (κ2) is 2.87. The van der Waals surface area contributed by atoms with Gasteiger partial charge in [0.25, 0.3) is 0 Å². The first-order chi connectivity index (χ1) is 6.07. The molecule has 0 spiro atoms. The van der Waals surface area contributed by atoms with Crippen LogP contribution in [-0.4, -0.2) is 0 Å². The number of hydrogen-bond donors (Lipinski definition) is 0. The smallest absolute Gasteiger partial charge is 0.0295 e. The van der Waals surface area contributed by atoms with Gasteiger partial charge in [-0.05, 0) is 48.3 Å². The third kappa shape index (κ3) is 1.18. The zero-order valence-corrected chi connectivity index (χ0v) is 9.22. The third-order valence-corrected chi connectivity index (χ3v) is 4.98. The van der Waals surface area contributed by atoms with Gasteiger partial charge in [0.15, 0.2) is 0 Å². The monoisotopic (exact) mass is 178 g/mol. The molecule has 13 heavy (non-hydrogen) atoms. The van der Waals surface area contributed by atoms with Crippen molar-refractivity contribution >= 4 is 0 Å². The topological polar surface area (TPSA) is 0 Å². The van der Waals surface area contributed by atoms with Crippen molar-refractivity contribution in [1.29, 1.82) is 0 Å². The van der Waals surface area contributed by atoms with Crippen molar-refractivity contribution in [2.75, 3.05) is 0 Å². The summed E-state index contributed by atoms with van der Waals surface area (Å²) in [5.74, 6) is 3.88. The van der Waals surface area contributed by atoms with Crippen molar-refractivity contribution < 1.29 is 0 Å². The molecule has 3 aliphatic carbocycles. The molecule has 4 atom stereocenters. The Morgan fingerprint density at radius 1 is 1.38 bits per heavy atom. The van der Waals surface area contributed by atoms with Gasteiger partial charge in [-0.2, -0.15) is 0 Å². The fourth-order valence-electron chi connectivity index (χ4n) is 3.78. The summed E-state index contributed by atoms with van der Waals surface area (Å²) in [7, 11) is 0. The molecule has 0 nitrogen and oxygen atoms in total. The first-order valence-corrected chi connectivity index (χ1v) is 5.68. The number of fused-ring (bicyclic) bond motifs is 2. The van der Waals surface area contributed by atoms with Gasteiger partial charge in [-0.3, -0.25) is 0 Å². The molecule has 0 heteroatoms. The lowest BCUT2D eigenvalue weighted by atomic mass is 9.43. The quantitative estimate of drug-likeness (QED) is 0.563. The molecular formula is C13H22. The van der Waals surface area contributed by atoms with E-state index >= 15 is 0 Å². The van der Waals surface area contributed by atoms with E-state index in [1.807, 2.05) is 0 Å². The summed E-state index contributed by atoms with van der Waals surface area (Å²) in [6, 6.07) is 0. The summed E-state index contributed by atoms with van der Waals surface area (Å²) >= 11 is 0. The largest absolute Gasteiger partial charge is 0.103 e. The molecule has 3 rings (SSSR count). The standard InChI is InChI=1S/C13H22/c1-5-6-10-7-11-8-12(9(10)2)13(11,3)4/h5,9-12H,1,6-8H2,2-4H3/t9-,10+,11+,12+/m0/s1. The molecule has 3 saturated carbocycles. The molecule has 0 aromatic carbocycles. The van der Waals surface area contributed by atoms with Gasteiger partial charge in [0, 0.05) is 0 Å². The van der Waals surface area contributed by atoms with Crippen molar-refractivity contribution in [2.24, 2.45) is 29.1 Å². The Kier molecular flexibility index (Phi) is 2.05. The van der Waals surface area contributed by atoms with Gasteiger partial charge >= 0.3 is 0 Å². The lowest BCUT2D eigenvalue weighted by molar-refractivity contribution is -0.127. The molecule has 0 radical (unpaired) electrons. The second-order valence-electron chi connectivity index (χ2n) is 5.74. The van der Waals surface area contributed by atoms with E-state index in [0.717, 1.165) is 23.7 Å². The van der Waals surface area contributed by atoms with Gasteiger partial charge in [0.2, 0.25) is 0 Å². The zero-order chi connectivity index (χ0) is 9.64. The van der Waals surface area contributed by atoms with E-state index in [9.17, 15) is 0 Å². The molecule has 2 bridgehead atoms. The number of allylic oxidation sites excluding steroid dienone is 1. The molecule has 0 aromatic heterocycles. The third-order valence-electron chi connectivity index (χ3n) is 4.98. The number of rotatable bonds is 2. The van der Waals surface area contributed by atoms with Crippen molar-refractivity contribution in [2.45, 2.75) is 40.0 Å². The van der Waals surface area contributed by atoms with E-state index < -0.39 is 0 Å². The van der Waals surface area contributed by atoms with Crippen LogP contribution in [0.4, 0.5) is 0 Å². The van der Waals surface area contributed by atoms with Crippen LogP contribution in [0, 0.1) is 29.1 Å². The lowest BCUT2D eigenvalue weighted by Gasteiger charge is -2.62. The average molecular weight is 178 g/mol. The normalized spacial score (nSPS) is 46.7. The summed E-state index contributed by atoms with van der Waals surface area (Å²) in [5.41, 5.74) is 0.650. The maximum Gasteiger partial charge on any atom is -0.0295 e. The molecular weight excluding hydrogens is 156 g/mol. The Labute approximate surface area is 82.4 Å². The van der Waals surface area contributed by atoms with E-state index in [1.165, 1.54) is 19.3 Å². The van der Waals surface area contributed by atoms with E-state index in [4.69, 9.17) is 0 Å². The molecule has 0 unspecified atom stereocenters. The summed E-state index contributed by atoms with van der Waals surface area (Å²) in [6.07, 6.45) is 6.31. The van der Waals surface area contributed by atoms with E-state index in [1.54, 1.807) is 0 Å². The Bertz CT molecular complexity index is 214. The Balaban J connectivity index is 2.07. The van der Waals surface area contributed by atoms with Crippen LogP contribution in [0.2, 0.25) is 0 Å². The highest BCUT2D eigenvalue weighted by molar-refractivity contribution is 5.05. The maximum atomic E-state index is 3.87. The number of hydrogen-bond acceptors (Lipinski definition) is 0. The predicted molar refractivity (Wildman–Crippen MR) is 57.5 cm³/mol. The molecule has 0 N–H and O–H groups in total. The average Bonchev–Trinajstić information content (AvgIpc) is 2.08. The minimum Gasteiger partial charge on any atom is -0.103 e. The highest BCUT2D eigenvalue weighted by atomic mass is 14.6. The second-order valence-corrected chi connectivity index (χ2v) is 5.74. The van der Waals surface area contributed by atoms with Gasteiger partial charge < -0.3 is 0 Å². The van der Waals surface area contributed by atoms with Crippen LogP contribution < -0.4 is 0 Å². The predicted octanol–water partition coefficient (Wildman–Crippen LogP) is 3.88. The van der Waals surface area contributed by atoms with E-state index in [0.29, 0.717) is 5.41 Å². The van der Waals surface area contributed by atoms with Gasteiger partial charge in [-0.15, -0.1) is 6.58 Å². The highest BCUT2D eigenvalue weighted by Gasteiger charge is 2.55. The van der Waals surface area contributed by atoms with Crippen LogP contribution in [-0.2, 0) is 0 Å². The highest BCUT2D eigenvalue weighted by Crippen LogP contribution is 2.63. The molecule has 0 amide bonds. The van der Waals surface area contributed by atoms with Gasteiger partial charge in [0.1, 0.15) is 0 Å². The Hall–Kier alpha value is -0.260. The SMILES string of the molecule is C=CC[C@@H]1C[C@@H]2C[C@H]([C@H]1C)C2(C)C.